The Kier molecular flexibility index (Phi) is 10.7. The molecule has 0 spiro atoms. The van der Waals surface area contributed by atoms with E-state index in [0.29, 0.717) is 29.9 Å². The first kappa shape index (κ1) is 38.1. The molecule has 7 rings (SSSR count). The summed E-state index contributed by atoms with van der Waals surface area (Å²) in [7, 11) is 1.22. The average Bonchev–Trinajstić information content (AvgIpc) is 3.91. The molecular weight excluding hydrogens is 767 g/mol. The molecule has 1 saturated carbocycles. The fourth-order valence-corrected chi connectivity index (χ4v) is 10.1. The molecule has 0 bridgehead atoms. The number of ketones is 1. The molecule has 286 valence electrons. The van der Waals surface area contributed by atoms with Gasteiger partial charge in [-0.25, -0.2) is 9.18 Å². The number of carbonyl (C=O) groups is 5. The van der Waals surface area contributed by atoms with Crippen LogP contribution in [-0.2, 0) is 23.9 Å². The van der Waals surface area contributed by atoms with E-state index in [9.17, 15) is 39.3 Å². The van der Waals surface area contributed by atoms with E-state index in [1.807, 2.05) is 4.90 Å². The Bertz CT molecular complexity index is 1970. The van der Waals surface area contributed by atoms with E-state index in [2.05, 4.69) is 21.2 Å². The molecule has 3 unspecified atom stereocenters. The Labute approximate surface area is 321 Å². The van der Waals surface area contributed by atoms with Gasteiger partial charge in [0.2, 0.25) is 0 Å². The van der Waals surface area contributed by atoms with Gasteiger partial charge in [-0.2, -0.15) is 5.10 Å². The summed E-state index contributed by atoms with van der Waals surface area (Å²) in [6, 6.07) is 8.85. The van der Waals surface area contributed by atoms with Gasteiger partial charge in [0, 0.05) is 61.3 Å². The highest BCUT2D eigenvalue weighted by Crippen LogP contribution is 2.48. The molecule has 1 aliphatic carbocycles. The standard InChI is InChI=1S/C35H36ClFN6O9S2/c1-52-35(40-30(46)28(44)16-5-3-2-4-6-16)33(51)43-26(32(49)50)17(14-54-34(35)43)13-53-15-39-41-23-11-38-10-20(23)24-22(37)9-19-27(25(24)36)42(18-7-8-18)12-21(29(19)45)31(47)48/h2-6,9,15,18,20-21,23,28,34,38,41,44H,7-8,10-14H2,1H3,(H,40,46)(H,47,48)(H,49,50)/t20?,21?,23?,28-,34-,35-/m1/s1. The molecule has 2 aromatic carbocycles. The Morgan fingerprint density at radius 1 is 1.22 bits per heavy atom. The van der Waals surface area contributed by atoms with Gasteiger partial charge in [-0.15, -0.1) is 23.5 Å². The van der Waals surface area contributed by atoms with Crippen molar-refractivity contribution in [1.82, 2.24) is 21.0 Å². The number of benzene rings is 2. The second-order valence-electron chi connectivity index (χ2n) is 13.5. The van der Waals surface area contributed by atoms with Crippen molar-refractivity contribution in [3.63, 3.8) is 0 Å². The number of thioether (sulfide) groups is 2. The van der Waals surface area contributed by atoms with Crippen molar-refractivity contribution < 1.29 is 48.4 Å². The minimum absolute atomic E-state index is 0.0264. The summed E-state index contributed by atoms with van der Waals surface area (Å²) in [5.74, 6) is -7.06. The molecule has 15 nitrogen and oxygen atoms in total. The first-order valence-electron chi connectivity index (χ1n) is 17.0. The fraction of sp³-hybridized carbons (Fsp3) is 0.429. The Morgan fingerprint density at radius 2 is 1.96 bits per heavy atom. The third-order valence-electron chi connectivity index (χ3n) is 10.3. The highest BCUT2D eigenvalue weighted by atomic mass is 35.5. The Morgan fingerprint density at radius 3 is 2.63 bits per heavy atom. The number of hydrogen-bond acceptors (Lipinski definition) is 13. The number of nitrogens with zero attached hydrogens (tertiary/aromatic N) is 3. The van der Waals surface area contributed by atoms with Crippen molar-refractivity contribution in [1.29, 1.82) is 0 Å². The van der Waals surface area contributed by atoms with Crippen LogP contribution >= 0.6 is 35.1 Å². The predicted octanol–water partition coefficient (Wildman–Crippen LogP) is 2.11. The second kappa shape index (κ2) is 15.1. The Balaban J connectivity index is 1.01. The number of methoxy groups -OCH3 is 1. The zero-order chi connectivity index (χ0) is 38.5. The second-order valence-corrected chi connectivity index (χ2v) is 15.8. The number of Topliss-reactive ketones (excluding diaryl/α,β-unsaturated/α-hetero) is 1. The smallest absolute Gasteiger partial charge is 0.352 e. The van der Waals surface area contributed by atoms with E-state index in [4.69, 9.17) is 16.3 Å². The van der Waals surface area contributed by atoms with Gasteiger partial charge in [-0.3, -0.25) is 24.1 Å². The van der Waals surface area contributed by atoms with Gasteiger partial charge >= 0.3 is 11.9 Å². The summed E-state index contributed by atoms with van der Waals surface area (Å²) in [6.07, 6.45) is 0.0503. The highest BCUT2D eigenvalue weighted by molar-refractivity contribution is 8.12. The number of carboxylic acid groups (broad SMARTS) is 2. The van der Waals surface area contributed by atoms with Crippen molar-refractivity contribution in [2.24, 2.45) is 11.0 Å². The van der Waals surface area contributed by atoms with Crippen LogP contribution in [-0.4, -0.2) is 117 Å². The number of fused-ring (bicyclic) bond motifs is 2. The van der Waals surface area contributed by atoms with Crippen LogP contribution in [0.4, 0.5) is 10.1 Å². The number of halogens is 2. The largest absolute Gasteiger partial charge is 0.481 e. The molecule has 0 aromatic heterocycles. The number of ether oxygens (including phenoxy) is 1. The molecule has 0 radical (unpaired) electrons. The van der Waals surface area contributed by atoms with E-state index < -0.39 is 70.4 Å². The van der Waals surface area contributed by atoms with Crippen LogP contribution in [0.25, 0.3) is 0 Å². The number of hydrazone groups is 1. The minimum Gasteiger partial charge on any atom is -0.481 e. The summed E-state index contributed by atoms with van der Waals surface area (Å²) in [4.78, 5) is 66.6. The van der Waals surface area contributed by atoms with E-state index in [1.165, 1.54) is 36.2 Å². The minimum atomic E-state index is -1.87. The lowest BCUT2D eigenvalue weighted by atomic mass is 9.86. The number of aliphatic hydroxyl groups is 1. The zero-order valence-electron chi connectivity index (χ0n) is 28.7. The lowest BCUT2D eigenvalue weighted by molar-refractivity contribution is -0.193. The predicted molar refractivity (Wildman–Crippen MR) is 198 cm³/mol. The van der Waals surface area contributed by atoms with Gasteiger partial charge < -0.3 is 41.0 Å². The van der Waals surface area contributed by atoms with Crippen LogP contribution in [0.2, 0.25) is 5.02 Å². The van der Waals surface area contributed by atoms with Crippen molar-refractivity contribution >= 4 is 75.9 Å². The summed E-state index contributed by atoms with van der Waals surface area (Å²) >= 11 is 9.25. The monoisotopic (exact) mass is 802 g/mol. The third-order valence-corrected chi connectivity index (χ3v) is 12.8. The SMILES string of the molecule is CO[C@]1(NC(=O)[C@H](O)c2ccccc2)C(=O)N2C(C(=O)O)=C(CSC=NNC3CNCC3c3c(F)cc4c(c3Cl)N(C3CC3)CC(C(=O)O)C4=O)CS[C@@H]21. The third kappa shape index (κ3) is 6.62. The molecular formula is C35H36ClFN6O9S2. The maximum Gasteiger partial charge on any atom is 0.352 e. The Hall–Kier alpha value is -4.20. The van der Waals surface area contributed by atoms with Gasteiger partial charge in [-0.05, 0) is 30.0 Å². The topological polar surface area (TPSA) is 210 Å². The highest BCUT2D eigenvalue weighted by Gasteiger charge is 2.67. The maximum absolute atomic E-state index is 15.8. The molecule has 6 atom stereocenters. The number of aliphatic hydroxyl groups excluding tert-OH is 1. The number of aliphatic carboxylic acids is 2. The number of hydrogen-bond donors (Lipinski definition) is 6. The molecule has 3 fully saturated rings. The molecule has 6 N–H and O–H groups in total. The molecule has 19 heteroatoms. The van der Waals surface area contributed by atoms with Crippen LogP contribution in [0.3, 0.4) is 0 Å². The summed E-state index contributed by atoms with van der Waals surface area (Å²) in [5, 5.41) is 39.5. The average molecular weight is 803 g/mol. The number of amides is 2. The number of rotatable bonds is 13. The lowest BCUT2D eigenvalue weighted by Gasteiger charge is -2.55. The van der Waals surface area contributed by atoms with Crippen molar-refractivity contribution in [2.75, 3.05) is 43.1 Å². The normalized spacial score (nSPS) is 27.0. The quantitative estimate of drug-likeness (QED) is 0.0428. The summed E-state index contributed by atoms with van der Waals surface area (Å²) < 4.78 is 21.2. The fourth-order valence-electron chi connectivity index (χ4n) is 7.41. The number of carboxylic acids is 2. The van der Waals surface area contributed by atoms with Crippen LogP contribution in [0, 0.1) is 11.7 Å². The molecule has 2 aromatic rings. The van der Waals surface area contributed by atoms with E-state index in [-0.39, 0.29) is 45.9 Å². The molecule has 5 aliphatic rings. The van der Waals surface area contributed by atoms with Crippen molar-refractivity contribution in [2.45, 2.75) is 48.0 Å². The van der Waals surface area contributed by atoms with Crippen molar-refractivity contribution in [3.05, 3.63) is 75.2 Å². The maximum atomic E-state index is 15.8. The summed E-state index contributed by atoms with van der Waals surface area (Å²) in [5.41, 5.74) is 3.70. The number of carbonyl (C=O) groups excluding carboxylic acids is 3. The lowest BCUT2D eigenvalue weighted by Crippen LogP contribution is -2.81. The van der Waals surface area contributed by atoms with Crippen molar-refractivity contribution in [3.8, 4) is 0 Å². The van der Waals surface area contributed by atoms with Gasteiger partial charge in [0.25, 0.3) is 17.5 Å². The van der Waals surface area contributed by atoms with Crippen LogP contribution < -0.4 is 21.0 Å². The number of anilines is 1. The van der Waals surface area contributed by atoms with Gasteiger partial charge in [-0.1, -0.05) is 41.9 Å². The number of β-lactam (4-membered cyclic amide) rings is 1. The van der Waals surface area contributed by atoms with Gasteiger partial charge in [0.15, 0.2) is 11.9 Å². The number of nitrogens with one attached hydrogen (secondary N) is 3. The van der Waals surface area contributed by atoms with E-state index in [0.717, 1.165) is 23.8 Å². The zero-order valence-corrected chi connectivity index (χ0v) is 31.0. The molecule has 2 amide bonds. The first-order valence-corrected chi connectivity index (χ1v) is 19.5. The van der Waals surface area contributed by atoms with Gasteiger partial charge in [0.05, 0.1) is 22.3 Å². The van der Waals surface area contributed by atoms with Crippen LogP contribution in [0.5, 0.6) is 0 Å². The molecule has 4 heterocycles. The van der Waals surface area contributed by atoms with Gasteiger partial charge in [0.1, 0.15) is 22.8 Å². The molecule has 4 aliphatic heterocycles. The van der Waals surface area contributed by atoms with E-state index in [1.54, 1.807) is 30.3 Å². The van der Waals surface area contributed by atoms with E-state index >= 15 is 4.39 Å². The molecule has 2 saturated heterocycles. The van der Waals surface area contributed by atoms with Crippen LogP contribution in [0.15, 0.2) is 52.8 Å². The first-order chi connectivity index (χ1) is 25.9. The molecule has 54 heavy (non-hydrogen) atoms. The van der Waals surface area contributed by atoms with Crippen LogP contribution in [0.1, 0.15) is 46.3 Å². The summed E-state index contributed by atoms with van der Waals surface area (Å²) in [6.45, 7) is 0.739.